The van der Waals surface area contributed by atoms with E-state index in [-0.39, 0.29) is 17.2 Å². The van der Waals surface area contributed by atoms with E-state index in [2.05, 4.69) is 24.9 Å². The molecule has 3 nitrogen and oxygen atoms in total. The molecular weight excluding hydrogens is 174 g/mol. The molecule has 1 amide bonds. The van der Waals surface area contributed by atoms with Gasteiger partial charge in [-0.05, 0) is 19.8 Å². The quantitative estimate of drug-likeness (QED) is 0.624. The van der Waals surface area contributed by atoms with Crippen molar-refractivity contribution in [1.29, 1.82) is 0 Å². The van der Waals surface area contributed by atoms with Gasteiger partial charge in [0, 0.05) is 18.8 Å². The number of carbonyl (C=O) groups is 1. The van der Waals surface area contributed by atoms with Crippen LogP contribution in [0.2, 0.25) is 0 Å². The Morgan fingerprint density at radius 1 is 1.58 bits per heavy atom. The molecule has 1 saturated heterocycles. The van der Waals surface area contributed by atoms with Crippen LogP contribution in [0.1, 0.15) is 19.8 Å². The molecule has 0 spiro atoms. The lowest BCUT2D eigenvalue weighted by molar-refractivity contribution is -0.121. The molecule has 0 aromatic heterocycles. The van der Waals surface area contributed by atoms with Crippen molar-refractivity contribution in [2.45, 2.75) is 25.3 Å². The fraction of sp³-hybridized carbons (Fsp3) is 0.875. The zero-order valence-corrected chi connectivity index (χ0v) is 8.19. The van der Waals surface area contributed by atoms with Crippen LogP contribution in [0.3, 0.4) is 0 Å². The summed E-state index contributed by atoms with van der Waals surface area (Å²) in [4.78, 5) is 11.1. The molecule has 1 aliphatic heterocycles. The van der Waals surface area contributed by atoms with Gasteiger partial charge in [-0.1, -0.05) is 0 Å². The molecular formula is C8H15NO2S. The van der Waals surface area contributed by atoms with Gasteiger partial charge in [0.15, 0.2) is 0 Å². The Labute approximate surface area is 78.3 Å². The van der Waals surface area contributed by atoms with E-state index in [0.717, 1.165) is 26.1 Å². The minimum atomic E-state index is -0.0714. The van der Waals surface area contributed by atoms with Gasteiger partial charge in [-0.3, -0.25) is 4.79 Å². The van der Waals surface area contributed by atoms with E-state index in [9.17, 15) is 4.79 Å². The fourth-order valence-electron chi connectivity index (χ4n) is 1.32. The van der Waals surface area contributed by atoms with E-state index in [1.54, 1.807) is 0 Å². The van der Waals surface area contributed by atoms with Gasteiger partial charge in [0.1, 0.15) is 0 Å². The average Bonchev–Trinajstić information content (AvgIpc) is 2.05. The smallest absolute Gasteiger partial charge is 0.230 e. The topological polar surface area (TPSA) is 38.3 Å². The zero-order valence-electron chi connectivity index (χ0n) is 7.30. The lowest BCUT2D eigenvalue weighted by Crippen LogP contribution is -2.50. The Balaban J connectivity index is 2.41. The van der Waals surface area contributed by atoms with E-state index < -0.39 is 0 Å². The van der Waals surface area contributed by atoms with Crippen LogP contribution in [0.5, 0.6) is 0 Å². The number of hydrogen-bond donors (Lipinski definition) is 2. The Kier molecular flexibility index (Phi) is 3.40. The van der Waals surface area contributed by atoms with E-state index >= 15 is 0 Å². The summed E-state index contributed by atoms with van der Waals surface area (Å²) in [7, 11) is 0. The van der Waals surface area contributed by atoms with Crippen LogP contribution in [0, 0.1) is 0 Å². The first kappa shape index (κ1) is 9.86. The summed E-state index contributed by atoms with van der Waals surface area (Å²) >= 11 is 3.91. The first-order chi connectivity index (χ1) is 5.66. The number of ether oxygens (including phenoxy) is 1. The highest BCUT2D eigenvalue weighted by Crippen LogP contribution is 2.19. The van der Waals surface area contributed by atoms with Crippen molar-refractivity contribution >= 4 is 18.5 Å². The molecule has 0 bridgehead atoms. The predicted molar refractivity (Wildman–Crippen MR) is 50.5 cm³/mol. The number of rotatable bonds is 2. The molecule has 1 fully saturated rings. The highest BCUT2D eigenvalue weighted by atomic mass is 32.1. The van der Waals surface area contributed by atoms with E-state index in [1.165, 1.54) is 0 Å². The van der Waals surface area contributed by atoms with Gasteiger partial charge in [-0.15, -0.1) is 0 Å². The molecule has 0 atom stereocenters. The van der Waals surface area contributed by atoms with Crippen molar-refractivity contribution in [1.82, 2.24) is 5.32 Å². The van der Waals surface area contributed by atoms with Gasteiger partial charge in [-0.2, -0.15) is 12.6 Å². The van der Waals surface area contributed by atoms with Crippen molar-refractivity contribution < 1.29 is 9.53 Å². The highest BCUT2D eigenvalue weighted by Gasteiger charge is 2.28. The molecule has 1 heterocycles. The molecule has 4 heteroatoms. The summed E-state index contributed by atoms with van der Waals surface area (Å²) in [5.74, 6) is 0.263. The molecule has 0 saturated carbocycles. The van der Waals surface area contributed by atoms with Gasteiger partial charge in [0.25, 0.3) is 0 Å². The van der Waals surface area contributed by atoms with Crippen LogP contribution in [-0.4, -0.2) is 30.4 Å². The maximum Gasteiger partial charge on any atom is 0.230 e. The van der Waals surface area contributed by atoms with E-state index in [4.69, 9.17) is 4.74 Å². The van der Waals surface area contributed by atoms with Gasteiger partial charge >= 0.3 is 0 Å². The SMILES string of the molecule is CC1(NC(=O)CS)CCOCC1. The van der Waals surface area contributed by atoms with Gasteiger partial charge in [0.05, 0.1) is 5.75 Å². The van der Waals surface area contributed by atoms with Crippen molar-refractivity contribution in [2.75, 3.05) is 19.0 Å². The maximum atomic E-state index is 11.1. The highest BCUT2D eigenvalue weighted by molar-refractivity contribution is 7.81. The van der Waals surface area contributed by atoms with Crippen molar-refractivity contribution in [3.63, 3.8) is 0 Å². The third-order valence-electron chi connectivity index (χ3n) is 2.18. The molecule has 12 heavy (non-hydrogen) atoms. The molecule has 70 valence electrons. The second kappa shape index (κ2) is 4.14. The largest absolute Gasteiger partial charge is 0.381 e. The number of carbonyl (C=O) groups excluding carboxylic acids is 1. The minimum Gasteiger partial charge on any atom is -0.381 e. The Morgan fingerprint density at radius 3 is 2.67 bits per heavy atom. The second-order valence-electron chi connectivity index (χ2n) is 3.38. The third kappa shape index (κ3) is 2.68. The monoisotopic (exact) mass is 189 g/mol. The average molecular weight is 189 g/mol. The molecule has 1 aliphatic rings. The number of thiol groups is 1. The van der Waals surface area contributed by atoms with E-state index in [0.29, 0.717) is 0 Å². The number of nitrogens with one attached hydrogen (secondary N) is 1. The third-order valence-corrected chi connectivity index (χ3v) is 2.47. The van der Waals surface area contributed by atoms with Crippen molar-refractivity contribution in [3.8, 4) is 0 Å². The van der Waals surface area contributed by atoms with Crippen molar-refractivity contribution in [3.05, 3.63) is 0 Å². The van der Waals surface area contributed by atoms with Gasteiger partial charge in [-0.25, -0.2) is 0 Å². The fourth-order valence-corrected chi connectivity index (χ4v) is 1.40. The predicted octanol–water partition coefficient (Wildman–Crippen LogP) is 0.601. The molecule has 0 aliphatic carbocycles. The Morgan fingerprint density at radius 2 is 2.17 bits per heavy atom. The van der Waals surface area contributed by atoms with Crippen LogP contribution < -0.4 is 5.32 Å². The molecule has 1 rings (SSSR count). The molecule has 0 unspecified atom stereocenters. The van der Waals surface area contributed by atoms with Crippen LogP contribution in [0.25, 0.3) is 0 Å². The summed E-state index contributed by atoms with van der Waals surface area (Å²) in [6.45, 7) is 3.53. The lowest BCUT2D eigenvalue weighted by Gasteiger charge is -2.34. The van der Waals surface area contributed by atoms with Crippen LogP contribution >= 0.6 is 12.6 Å². The van der Waals surface area contributed by atoms with Gasteiger partial charge < -0.3 is 10.1 Å². The summed E-state index contributed by atoms with van der Waals surface area (Å²) < 4.78 is 5.21. The molecule has 1 N–H and O–H groups in total. The molecule has 0 radical (unpaired) electrons. The van der Waals surface area contributed by atoms with Crippen LogP contribution in [0.4, 0.5) is 0 Å². The van der Waals surface area contributed by atoms with E-state index in [1.807, 2.05) is 0 Å². The Hall–Kier alpha value is -0.220. The number of amides is 1. The lowest BCUT2D eigenvalue weighted by atomic mass is 9.92. The first-order valence-electron chi connectivity index (χ1n) is 4.16. The van der Waals surface area contributed by atoms with Crippen LogP contribution in [0.15, 0.2) is 0 Å². The van der Waals surface area contributed by atoms with Crippen LogP contribution in [-0.2, 0) is 9.53 Å². The number of hydrogen-bond acceptors (Lipinski definition) is 3. The summed E-state index contributed by atoms with van der Waals surface area (Å²) in [5.41, 5.74) is -0.0714. The zero-order chi connectivity index (χ0) is 9.03. The second-order valence-corrected chi connectivity index (χ2v) is 3.70. The molecule has 0 aromatic carbocycles. The van der Waals surface area contributed by atoms with Crippen molar-refractivity contribution in [2.24, 2.45) is 0 Å². The summed E-state index contributed by atoms with van der Waals surface area (Å²) in [6.07, 6.45) is 1.79. The molecule has 0 aromatic rings. The first-order valence-corrected chi connectivity index (χ1v) is 4.79. The standard InChI is InChI=1S/C8H15NO2S/c1-8(9-7(10)6-12)2-4-11-5-3-8/h12H,2-6H2,1H3,(H,9,10). The van der Waals surface area contributed by atoms with Gasteiger partial charge in [0.2, 0.25) is 5.91 Å². The minimum absolute atomic E-state index is 0.00253. The summed E-state index contributed by atoms with van der Waals surface area (Å²) in [6, 6.07) is 0. The maximum absolute atomic E-state index is 11.1. The normalized spacial score (nSPS) is 21.8. The summed E-state index contributed by atoms with van der Waals surface area (Å²) in [5, 5.41) is 2.95. The Bertz CT molecular complexity index is 166.